The van der Waals surface area contributed by atoms with Crippen LogP contribution < -0.4 is 0 Å². The third-order valence-electron chi connectivity index (χ3n) is 4.42. The predicted octanol–water partition coefficient (Wildman–Crippen LogP) is 3.91. The van der Waals surface area contributed by atoms with Gasteiger partial charge >= 0.3 is 0 Å². The molecule has 2 heterocycles. The van der Waals surface area contributed by atoms with Gasteiger partial charge in [0.1, 0.15) is 15.9 Å². The molecule has 2 rings (SSSR count). The van der Waals surface area contributed by atoms with Gasteiger partial charge in [0.2, 0.25) is 5.09 Å². The standard InChI is InChI=1S/C11H16O5S.C10H14O5S/c1-7(2)4-5-9(12)10-6-11(8(3)16-10)17(13,14)15;1-7(2)3-4-8(11)9-5-6-10(15-9)16(12,13)14/h6-7H,4-5H2,1-3H3,(H,13,14,15);5-7H,3-4H2,1-2H3,(H,12,13,14)/p-2. The van der Waals surface area contributed by atoms with Crippen LogP contribution in [0.2, 0.25) is 0 Å². The second-order valence-corrected chi connectivity index (χ2v) is 10.9. The van der Waals surface area contributed by atoms with Crippen molar-refractivity contribution in [1.29, 1.82) is 0 Å². The predicted molar refractivity (Wildman–Crippen MR) is 115 cm³/mol. The van der Waals surface area contributed by atoms with E-state index in [-0.39, 0.29) is 41.7 Å². The summed E-state index contributed by atoms with van der Waals surface area (Å²) < 4.78 is 73.9. The lowest BCUT2D eigenvalue weighted by Gasteiger charge is -2.03. The van der Waals surface area contributed by atoms with Crippen molar-refractivity contribution in [2.24, 2.45) is 11.8 Å². The molecule has 0 atom stereocenters. The second-order valence-electron chi connectivity index (χ2n) is 8.27. The highest BCUT2D eigenvalue weighted by Crippen LogP contribution is 2.21. The Hall–Kier alpha value is -2.28. The van der Waals surface area contributed by atoms with E-state index in [2.05, 4.69) is 0 Å². The zero-order chi connectivity index (χ0) is 25.6. The molecule has 33 heavy (non-hydrogen) atoms. The molecule has 10 nitrogen and oxygen atoms in total. The lowest BCUT2D eigenvalue weighted by molar-refractivity contribution is 0.0937. The van der Waals surface area contributed by atoms with Crippen LogP contribution >= 0.6 is 0 Å². The van der Waals surface area contributed by atoms with Gasteiger partial charge in [-0.2, -0.15) is 0 Å². The van der Waals surface area contributed by atoms with Gasteiger partial charge in [-0.3, -0.25) is 9.59 Å². The van der Waals surface area contributed by atoms with E-state index in [4.69, 9.17) is 8.83 Å². The average Bonchev–Trinajstić information content (AvgIpc) is 3.31. The summed E-state index contributed by atoms with van der Waals surface area (Å²) in [6.07, 6.45) is 1.95. The number of carbonyl (C=O) groups is 2. The molecule has 0 unspecified atom stereocenters. The monoisotopic (exact) mass is 504 g/mol. The van der Waals surface area contributed by atoms with Gasteiger partial charge in [-0.15, -0.1) is 0 Å². The summed E-state index contributed by atoms with van der Waals surface area (Å²) in [4.78, 5) is 22.7. The zero-order valence-corrected chi connectivity index (χ0v) is 20.7. The number of carbonyl (C=O) groups excluding carboxylic acids is 2. The number of hydrogen-bond donors (Lipinski definition) is 0. The van der Waals surface area contributed by atoms with E-state index >= 15 is 0 Å². The molecule has 0 aliphatic rings. The van der Waals surface area contributed by atoms with Gasteiger partial charge in [0.05, 0.1) is 4.90 Å². The Bertz CT molecular complexity index is 1170. The summed E-state index contributed by atoms with van der Waals surface area (Å²) in [5, 5.41) is -0.708. The fourth-order valence-corrected chi connectivity index (χ4v) is 3.61. The number of hydrogen-bond acceptors (Lipinski definition) is 10. The Morgan fingerprint density at radius 1 is 0.818 bits per heavy atom. The van der Waals surface area contributed by atoms with Crippen LogP contribution in [0.25, 0.3) is 0 Å². The fraction of sp³-hybridized carbons (Fsp3) is 0.524. The molecule has 186 valence electrons. The van der Waals surface area contributed by atoms with Crippen molar-refractivity contribution in [2.45, 2.75) is 70.3 Å². The number of rotatable bonds is 10. The van der Waals surface area contributed by atoms with E-state index in [1.54, 1.807) is 0 Å². The molecule has 0 N–H and O–H groups in total. The fourth-order valence-electron chi connectivity index (χ4n) is 2.54. The third-order valence-corrected chi connectivity index (χ3v) is 6.07. The van der Waals surface area contributed by atoms with Crippen molar-refractivity contribution in [3.63, 3.8) is 0 Å². The van der Waals surface area contributed by atoms with Crippen molar-refractivity contribution < 1.29 is 44.4 Å². The van der Waals surface area contributed by atoms with Gasteiger partial charge in [-0.25, -0.2) is 16.8 Å². The maximum absolute atomic E-state index is 11.7. The maximum atomic E-state index is 11.7. The highest BCUT2D eigenvalue weighted by molar-refractivity contribution is 7.86. The molecule has 0 saturated heterocycles. The molecule has 0 aromatic carbocycles. The van der Waals surface area contributed by atoms with Crippen LogP contribution in [0.4, 0.5) is 0 Å². The number of furan rings is 2. The molecular formula is C21H28O10S2-2. The molecular weight excluding hydrogens is 476 g/mol. The highest BCUT2D eigenvalue weighted by atomic mass is 32.2. The first kappa shape index (κ1) is 28.8. The zero-order valence-electron chi connectivity index (χ0n) is 19.1. The average molecular weight is 505 g/mol. The van der Waals surface area contributed by atoms with Crippen LogP contribution in [0.5, 0.6) is 0 Å². The quantitative estimate of drug-likeness (QED) is 0.340. The summed E-state index contributed by atoms with van der Waals surface area (Å²) in [7, 11) is -9.19. The molecule has 0 radical (unpaired) electrons. The van der Waals surface area contributed by atoms with Crippen molar-refractivity contribution >= 4 is 31.8 Å². The highest BCUT2D eigenvalue weighted by Gasteiger charge is 2.18. The Morgan fingerprint density at radius 2 is 1.30 bits per heavy atom. The first-order valence-electron chi connectivity index (χ1n) is 10.2. The molecule has 0 aliphatic heterocycles. The molecule has 0 spiro atoms. The summed E-state index contributed by atoms with van der Waals surface area (Å²) in [6, 6.07) is 3.23. The lowest BCUT2D eigenvalue weighted by atomic mass is 10.1. The van der Waals surface area contributed by atoms with Crippen LogP contribution in [0.1, 0.15) is 80.2 Å². The Morgan fingerprint density at radius 3 is 1.67 bits per heavy atom. The Balaban J connectivity index is 0.000000331. The van der Waals surface area contributed by atoms with E-state index in [0.29, 0.717) is 24.7 Å². The number of ketones is 2. The summed E-state index contributed by atoms with van der Waals surface area (Å²) in [6.45, 7) is 9.26. The largest absolute Gasteiger partial charge is 0.744 e. The summed E-state index contributed by atoms with van der Waals surface area (Å²) in [5.74, 6) is 0.0141. The van der Waals surface area contributed by atoms with Crippen LogP contribution in [-0.2, 0) is 20.2 Å². The molecule has 0 amide bonds. The molecule has 12 heteroatoms. The van der Waals surface area contributed by atoms with Crippen molar-refractivity contribution in [2.75, 3.05) is 0 Å². The summed E-state index contributed by atoms with van der Waals surface area (Å²) in [5.41, 5.74) is 0. The van der Waals surface area contributed by atoms with E-state index in [9.17, 15) is 35.5 Å². The van der Waals surface area contributed by atoms with Gasteiger partial charge in [-0.05, 0) is 43.7 Å². The van der Waals surface area contributed by atoms with Crippen LogP contribution in [0.3, 0.4) is 0 Å². The van der Waals surface area contributed by atoms with E-state index < -0.39 is 30.2 Å². The SMILES string of the molecule is CC(C)CCC(=O)c1ccc(S(=O)(=O)[O-])o1.Cc1oc(C(=O)CCC(C)C)cc1S(=O)(=O)[O-]. The number of Topliss-reactive ketones (excluding diaryl/α,β-unsaturated/α-hetero) is 2. The van der Waals surface area contributed by atoms with Gasteiger partial charge in [0, 0.05) is 18.9 Å². The van der Waals surface area contributed by atoms with Gasteiger partial charge in [0.25, 0.3) is 0 Å². The van der Waals surface area contributed by atoms with Crippen LogP contribution in [0.15, 0.2) is 37.0 Å². The van der Waals surface area contributed by atoms with E-state index in [0.717, 1.165) is 12.1 Å². The molecule has 2 aromatic heterocycles. The van der Waals surface area contributed by atoms with Crippen molar-refractivity contribution in [1.82, 2.24) is 0 Å². The minimum absolute atomic E-state index is 0.0344. The van der Waals surface area contributed by atoms with Crippen molar-refractivity contribution in [3.05, 3.63) is 35.5 Å². The second kappa shape index (κ2) is 11.7. The molecule has 0 fully saturated rings. The van der Waals surface area contributed by atoms with Gasteiger partial charge in [-0.1, -0.05) is 27.7 Å². The first-order valence-corrected chi connectivity index (χ1v) is 13.0. The minimum Gasteiger partial charge on any atom is -0.744 e. The number of aryl methyl sites for hydroxylation is 1. The molecule has 2 aromatic rings. The molecule has 0 bridgehead atoms. The molecule has 0 aliphatic carbocycles. The third kappa shape index (κ3) is 9.62. The summed E-state index contributed by atoms with van der Waals surface area (Å²) >= 11 is 0. The lowest BCUT2D eigenvalue weighted by Crippen LogP contribution is -2.00. The maximum Gasteiger partial charge on any atom is 0.206 e. The van der Waals surface area contributed by atoms with Crippen molar-refractivity contribution in [3.8, 4) is 0 Å². The van der Waals surface area contributed by atoms with Gasteiger partial charge < -0.3 is 17.9 Å². The first-order chi connectivity index (χ1) is 15.0. The molecule has 0 saturated carbocycles. The Kier molecular flexibility index (Phi) is 10.2. The van der Waals surface area contributed by atoms with E-state index in [1.807, 2.05) is 27.7 Å². The minimum atomic E-state index is -4.62. The van der Waals surface area contributed by atoms with Crippen LogP contribution in [0, 0.1) is 18.8 Å². The topological polar surface area (TPSA) is 175 Å². The normalized spacial score (nSPS) is 12.0. The Labute approximate surface area is 193 Å². The van der Waals surface area contributed by atoms with Gasteiger partial charge in [0.15, 0.2) is 33.2 Å². The van der Waals surface area contributed by atoms with E-state index in [1.165, 1.54) is 13.0 Å². The smallest absolute Gasteiger partial charge is 0.206 e. The van der Waals surface area contributed by atoms with Crippen LogP contribution in [-0.4, -0.2) is 37.5 Å².